The normalized spacial score (nSPS) is 11.1. The summed E-state index contributed by atoms with van der Waals surface area (Å²) in [4.78, 5) is 11.8. The molecule has 5 heteroatoms. The largest absolute Gasteiger partial charge is 0.360 e. The minimum absolute atomic E-state index is 0.0417. The zero-order valence-electron chi connectivity index (χ0n) is 11.8. The molecule has 1 aromatic carbocycles. The van der Waals surface area contributed by atoms with Crippen LogP contribution in [0.5, 0.6) is 0 Å². The van der Waals surface area contributed by atoms with Crippen LogP contribution in [0.25, 0.3) is 0 Å². The first-order valence-electron chi connectivity index (χ1n) is 6.35. The highest BCUT2D eigenvalue weighted by atomic mass is 35.5. The number of carbonyl (C=O) groups is 1. The van der Waals surface area contributed by atoms with Crippen LogP contribution in [0.2, 0.25) is 5.02 Å². The first kappa shape index (κ1) is 16.1. The maximum Gasteiger partial charge on any atom is 0.263 e. The Balaban J connectivity index is 2.75. The van der Waals surface area contributed by atoms with Gasteiger partial charge in [-0.3, -0.25) is 4.79 Å². The van der Waals surface area contributed by atoms with Crippen LogP contribution >= 0.6 is 11.6 Å². The number of carbonyl (C=O) groups excluding carboxylic acids is 1. The standard InChI is InChI=1S/C15H18ClN3O/c1-10(2)8-19-15(20)12(7-17)9-18-14-5-4-13(16)6-11(14)3/h4-6,9-10,18H,8H2,1-3H3,(H,19,20)/b12-9-. The highest BCUT2D eigenvalue weighted by Gasteiger charge is 2.09. The Hall–Kier alpha value is -1.99. The van der Waals surface area contributed by atoms with Crippen LogP contribution in [0.4, 0.5) is 5.69 Å². The number of amides is 1. The molecular weight excluding hydrogens is 274 g/mol. The van der Waals surface area contributed by atoms with E-state index in [0.717, 1.165) is 11.3 Å². The van der Waals surface area contributed by atoms with Gasteiger partial charge in [0.25, 0.3) is 5.91 Å². The van der Waals surface area contributed by atoms with Crippen LogP contribution < -0.4 is 10.6 Å². The van der Waals surface area contributed by atoms with Crippen molar-refractivity contribution in [2.24, 2.45) is 5.92 Å². The van der Waals surface area contributed by atoms with Crippen molar-refractivity contribution in [2.45, 2.75) is 20.8 Å². The quantitative estimate of drug-likeness (QED) is 0.646. The molecule has 0 spiro atoms. The van der Waals surface area contributed by atoms with E-state index in [1.807, 2.05) is 32.9 Å². The molecule has 4 nitrogen and oxygen atoms in total. The van der Waals surface area contributed by atoms with Crippen LogP contribution in [-0.4, -0.2) is 12.5 Å². The molecule has 0 saturated heterocycles. The molecule has 0 atom stereocenters. The second-order valence-corrected chi connectivity index (χ2v) is 5.31. The van der Waals surface area contributed by atoms with Crippen molar-refractivity contribution in [1.29, 1.82) is 5.26 Å². The third-order valence-corrected chi connectivity index (χ3v) is 2.83. The molecule has 0 aliphatic heterocycles. The molecule has 0 heterocycles. The Bertz CT molecular complexity index is 559. The van der Waals surface area contributed by atoms with Crippen LogP contribution in [-0.2, 0) is 4.79 Å². The number of nitrogens with one attached hydrogen (secondary N) is 2. The van der Waals surface area contributed by atoms with Gasteiger partial charge in [-0.2, -0.15) is 5.26 Å². The van der Waals surface area contributed by atoms with Gasteiger partial charge < -0.3 is 10.6 Å². The van der Waals surface area contributed by atoms with E-state index in [4.69, 9.17) is 16.9 Å². The molecule has 1 aromatic rings. The summed E-state index contributed by atoms with van der Waals surface area (Å²) in [7, 11) is 0. The van der Waals surface area contributed by atoms with Gasteiger partial charge in [0.15, 0.2) is 0 Å². The van der Waals surface area contributed by atoms with E-state index in [1.54, 1.807) is 12.1 Å². The number of hydrogen-bond donors (Lipinski definition) is 2. The molecule has 0 bridgehead atoms. The van der Waals surface area contributed by atoms with Gasteiger partial charge >= 0.3 is 0 Å². The van der Waals surface area contributed by atoms with E-state index in [1.165, 1.54) is 6.20 Å². The van der Waals surface area contributed by atoms with Gasteiger partial charge in [-0.15, -0.1) is 0 Å². The van der Waals surface area contributed by atoms with E-state index >= 15 is 0 Å². The lowest BCUT2D eigenvalue weighted by atomic mass is 10.2. The number of nitriles is 1. The number of nitrogens with zero attached hydrogens (tertiary/aromatic N) is 1. The Morgan fingerprint density at radius 2 is 2.20 bits per heavy atom. The highest BCUT2D eigenvalue weighted by molar-refractivity contribution is 6.30. The second-order valence-electron chi connectivity index (χ2n) is 4.88. The number of halogens is 1. The Kier molecular flexibility index (Phi) is 6.08. The Morgan fingerprint density at radius 1 is 1.50 bits per heavy atom. The highest BCUT2D eigenvalue weighted by Crippen LogP contribution is 2.19. The van der Waals surface area contributed by atoms with Crippen LogP contribution in [0.1, 0.15) is 19.4 Å². The van der Waals surface area contributed by atoms with E-state index in [-0.39, 0.29) is 11.5 Å². The van der Waals surface area contributed by atoms with E-state index < -0.39 is 0 Å². The zero-order chi connectivity index (χ0) is 15.1. The van der Waals surface area contributed by atoms with Crippen LogP contribution in [0.15, 0.2) is 30.0 Å². The van der Waals surface area contributed by atoms with Crippen LogP contribution in [0, 0.1) is 24.2 Å². The fourth-order valence-corrected chi connectivity index (χ4v) is 1.71. The molecule has 106 valence electrons. The predicted molar refractivity (Wildman–Crippen MR) is 81.4 cm³/mol. The van der Waals surface area contributed by atoms with Gasteiger partial charge in [0, 0.05) is 23.5 Å². The third-order valence-electron chi connectivity index (χ3n) is 2.60. The zero-order valence-corrected chi connectivity index (χ0v) is 12.6. The molecule has 2 N–H and O–H groups in total. The van der Waals surface area contributed by atoms with Gasteiger partial charge in [-0.25, -0.2) is 0 Å². The van der Waals surface area contributed by atoms with E-state index in [2.05, 4.69) is 10.6 Å². The minimum Gasteiger partial charge on any atom is -0.360 e. The summed E-state index contributed by atoms with van der Waals surface area (Å²) >= 11 is 5.87. The summed E-state index contributed by atoms with van der Waals surface area (Å²) in [6.45, 7) is 6.42. The van der Waals surface area contributed by atoms with E-state index in [0.29, 0.717) is 17.5 Å². The average Bonchev–Trinajstić information content (AvgIpc) is 2.39. The summed E-state index contributed by atoms with van der Waals surface area (Å²) in [6, 6.07) is 7.24. The lowest BCUT2D eigenvalue weighted by molar-refractivity contribution is -0.117. The molecule has 0 aromatic heterocycles. The SMILES string of the molecule is Cc1cc(Cl)ccc1N/C=C(/C#N)C(=O)NCC(C)C. The summed E-state index contributed by atoms with van der Waals surface area (Å²) in [5.74, 6) is -0.0364. The van der Waals surface area contributed by atoms with Crippen molar-refractivity contribution in [3.63, 3.8) is 0 Å². The first-order valence-corrected chi connectivity index (χ1v) is 6.73. The molecule has 0 aliphatic rings. The predicted octanol–water partition coefficient (Wildman–Crippen LogP) is 3.24. The summed E-state index contributed by atoms with van der Waals surface area (Å²) in [6.07, 6.45) is 1.41. The average molecular weight is 292 g/mol. The summed E-state index contributed by atoms with van der Waals surface area (Å²) in [5, 5.41) is 15.3. The smallest absolute Gasteiger partial charge is 0.263 e. The molecular formula is C15H18ClN3O. The number of aryl methyl sites for hydroxylation is 1. The van der Waals surface area contributed by atoms with Gasteiger partial charge in [0.05, 0.1) is 0 Å². The third kappa shape index (κ3) is 4.94. The molecule has 1 amide bonds. The molecule has 0 radical (unpaired) electrons. The fraction of sp³-hybridized carbons (Fsp3) is 0.333. The van der Waals surface area contributed by atoms with Gasteiger partial charge in [0.2, 0.25) is 0 Å². The monoisotopic (exact) mass is 291 g/mol. The maximum absolute atomic E-state index is 11.8. The number of benzene rings is 1. The maximum atomic E-state index is 11.8. The van der Waals surface area contributed by atoms with Crippen molar-refractivity contribution >= 4 is 23.2 Å². The van der Waals surface area contributed by atoms with Gasteiger partial charge in [-0.1, -0.05) is 25.4 Å². The lowest BCUT2D eigenvalue weighted by Gasteiger charge is -2.08. The van der Waals surface area contributed by atoms with E-state index in [9.17, 15) is 4.79 Å². The summed E-state index contributed by atoms with van der Waals surface area (Å²) < 4.78 is 0. The van der Waals surface area contributed by atoms with Crippen molar-refractivity contribution in [3.8, 4) is 6.07 Å². The lowest BCUT2D eigenvalue weighted by Crippen LogP contribution is -2.28. The minimum atomic E-state index is -0.375. The first-order chi connectivity index (χ1) is 9.43. The molecule has 1 rings (SSSR count). The molecule has 0 fully saturated rings. The van der Waals surface area contributed by atoms with Crippen molar-refractivity contribution in [1.82, 2.24) is 5.32 Å². The number of anilines is 1. The second kappa shape index (κ2) is 7.56. The topological polar surface area (TPSA) is 64.9 Å². The number of rotatable bonds is 5. The molecule has 20 heavy (non-hydrogen) atoms. The fourth-order valence-electron chi connectivity index (χ4n) is 1.48. The van der Waals surface area contributed by atoms with Crippen molar-refractivity contribution in [3.05, 3.63) is 40.6 Å². The molecule has 0 aliphatic carbocycles. The van der Waals surface area contributed by atoms with Crippen molar-refractivity contribution < 1.29 is 4.79 Å². The molecule has 0 unspecified atom stereocenters. The van der Waals surface area contributed by atoms with Gasteiger partial charge in [0.1, 0.15) is 11.6 Å². The van der Waals surface area contributed by atoms with Crippen molar-refractivity contribution in [2.75, 3.05) is 11.9 Å². The number of hydrogen-bond acceptors (Lipinski definition) is 3. The van der Waals surface area contributed by atoms with Gasteiger partial charge in [-0.05, 0) is 36.6 Å². The Morgan fingerprint density at radius 3 is 2.75 bits per heavy atom. The Labute approximate surface area is 124 Å². The summed E-state index contributed by atoms with van der Waals surface area (Å²) in [5.41, 5.74) is 1.78. The molecule has 0 saturated carbocycles. The van der Waals surface area contributed by atoms with Crippen LogP contribution in [0.3, 0.4) is 0 Å².